The van der Waals surface area contributed by atoms with E-state index in [1.165, 1.54) is 22.9 Å². The minimum absolute atomic E-state index is 0.0134. The van der Waals surface area contributed by atoms with Gasteiger partial charge in [-0.15, -0.1) is 15.3 Å². The first-order valence-corrected chi connectivity index (χ1v) is 6.69. The van der Waals surface area contributed by atoms with Crippen LogP contribution in [0.4, 0.5) is 0 Å². The Labute approximate surface area is 104 Å². The van der Waals surface area contributed by atoms with E-state index in [2.05, 4.69) is 56.5 Å². The normalized spacial score (nSPS) is 12.0. The zero-order valence-corrected chi connectivity index (χ0v) is 11.7. The fraction of sp³-hybridized carbons (Fsp3) is 0.500. The van der Waals surface area contributed by atoms with Crippen LogP contribution in [0, 0.1) is 0 Å². The van der Waals surface area contributed by atoms with Gasteiger partial charge >= 0.3 is 0 Å². The third kappa shape index (κ3) is 2.24. The highest BCUT2D eigenvalue weighted by atomic mass is 79.9. The van der Waals surface area contributed by atoms with Gasteiger partial charge in [-0.2, -0.15) is 0 Å². The van der Waals surface area contributed by atoms with Crippen molar-refractivity contribution in [1.82, 2.24) is 19.8 Å². The van der Waals surface area contributed by atoms with E-state index in [0.29, 0.717) is 0 Å². The summed E-state index contributed by atoms with van der Waals surface area (Å²) in [4.78, 5) is 1.02. The van der Waals surface area contributed by atoms with Gasteiger partial charge in [0.2, 0.25) is 0 Å². The van der Waals surface area contributed by atoms with Gasteiger partial charge in [-0.25, -0.2) is 0 Å². The number of hydrogen-bond donors (Lipinski definition) is 0. The van der Waals surface area contributed by atoms with Crippen LogP contribution in [0.25, 0.3) is 9.88 Å². The average Bonchev–Trinajstić information content (AvgIpc) is 2.68. The molecule has 0 aliphatic heterocycles. The molecular weight excluding hydrogens is 296 g/mol. The van der Waals surface area contributed by atoms with Crippen LogP contribution in [0.3, 0.4) is 0 Å². The van der Waals surface area contributed by atoms with E-state index >= 15 is 0 Å². The molecule has 0 N–H and O–H groups in total. The lowest BCUT2D eigenvalue weighted by atomic mass is 9.91. The molecule has 0 unspecified atom stereocenters. The minimum atomic E-state index is -0.0134. The first kappa shape index (κ1) is 11.1. The molecule has 0 atom stereocenters. The maximum atomic E-state index is 4.17. The van der Waals surface area contributed by atoms with Crippen molar-refractivity contribution in [3.63, 3.8) is 0 Å². The van der Waals surface area contributed by atoms with Crippen LogP contribution < -0.4 is 0 Å². The van der Waals surface area contributed by atoms with Gasteiger partial charge in [0.15, 0.2) is 8.92 Å². The maximum absolute atomic E-state index is 4.17. The molecule has 2 aromatic rings. The number of hydrogen-bond acceptors (Lipinski definition) is 6. The molecule has 15 heavy (non-hydrogen) atoms. The molecule has 2 rings (SSSR count). The summed E-state index contributed by atoms with van der Waals surface area (Å²) in [7, 11) is 0. The third-order valence-corrected chi connectivity index (χ3v) is 4.03. The molecule has 7 heteroatoms. The molecule has 0 saturated carbocycles. The highest BCUT2D eigenvalue weighted by Gasteiger charge is 2.24. The topological polar surface area (TPSA) is 51.6 Å². The molecule has 0 saturated heterocycles. The molecule has 80 valence electrons. The molecule has 0 radical (unpaired) electrons. The summed E-state index contributed by atoms with van der Waals surface area (Å²) in [6, 6.07) is 0. The second-order valence-corrected chi connectivity index (χ2v) is 7.07. The first-order chi connectivity index (χ1) is 6.98. The lowest BCUT2D eigenvalue weighted by molar-refractivity contribution is 0.568. The predicted octanol–water partition coefficient (Wildman–Crippen LogP) is 3.12. The van der Waals surface area contributed by atoms with Crippen LogP contribution in [0.5, 0.6) is 0 Å². The van der Waals surface area contributed by atoms with Gasteiger partial charge in [0.05, 0.1) is 5.69 Å². The number of aromatic nitrogens is 4. The van der Waals surface area contributed by atoms with E-state index < -0.39 is 0 Å². The van der Waals surface area contributed by atoms with Crippen molar-refractivity contribution in [3.05, 3.63) is 9.61 Å². The molecule has 2 heterocycles. The Morgan fingerprint density at radius 1 is 1.13 bits per heavy atom. The van der Waals surface area contributed by atoms with E-state index in [-0.39, 0.29) is 5.41 Å². The number of halogens is 1. The quantitative estimate of drug-likeness (QED) is 0.812. The lowest BCUT2D eigenvalue weighted by Crippen LogP contribution is -2.12. The van der Waals surface area contributed by atoms with Crippen molar-refractivity contribution in [2.24, 2.45) is 0 Å². The van der Waals surface area contributed by atoms with Gasteiger partial charge in [0, 0.05) is 5.41 Å². The summed E-state index contributed by atoms with van der Waals surface area (Å²) in [5, 5.41) is 13.1. The zero-order valence-electron chi connectivity index (χ0n) is 8.48. The molecule has 0 aliphatic rings. The summed E-state index contributed by atoms with van der Waals surface area (Å²) >= 11 is 6.17. The van der Waals surface area contributed by atoms with Crippen molar-refractivity contribution in [1.29, 1.82) is 0 Å². The summed E-state index contributed by atoms with van der Waals surface area (Å²) in [5.74, 6) is 0. The second-order valence-electron chi connectivity index (χ2n) is 4.06. The van der Waals surface area contributed by atoms with E-state index in [9.17, 15) is 0 Å². The Balaban J connectivity index is 2.50. The van der Waals surface area contributed by atoms with Gasteiger partial charge < -0.3 is 0 Å². The summed E-state index contributed by atoms with van der Waals surface area (Å²) in [6.07, 6.45) is 0. The van der Waals surface area contributed by atoms with E-state index in [0.717, 1.165) is 19.5 Å². The van der Waals surface area contributed by atoms with Crippen molar-refractivity contribution in [2.75, 3.05) is 0 Å². The van der Waals surface area contributed by atoms with Crippen LogP contribution in [0.15, 0.2) is 3.92 Å². The van der Waals surface area contributed by atoms with Gasteiger partial charge in [0.25, 0.3) is 0 Å². The van der Waals surface area contributed by atoms with Crippen molar-refractivity contribution in [2.45, 2.75) is 26.2 Å². The third-order valence-electron chi connectivity index (χ3n) is 1.79. The molecule has 4 nitrogen and oxygen atoms in total. The Morgan fingerprint density at radius 2 is 1.87 bits per heavy atom. The molecule has 2 aromatic heterocycles. The Bertz CT molecular complexity index is 471. The molecular formula is C8H9BrN4S2. The van der Waals surface area contributed by atoms with Crippen molar-refractivity contribution >= 4 is 38.8 Å². The molecule has 0 bridgehead atoms. The Hall–Kier alpha value is -0.400. The zero-order chi connectivity index (χ0) is 11.1. The van der Waals surface area contributed by atoms with Crippen LogP contribution >= 0.6 is 38.8 Å². The fourth-order valence-electron chi connectivity index (χ4n) is 1.12. The van der Waals surface area contributed by atoms with Gasteiger partial charge in [-0.1, -0.05) is 36.6 Å². The summed E-state index contributed by atoms with van der Waals surface area (Å²) in [5.41, 5.74) is 0.969. The molecule has 0 fully saturated rings. The van der Waals surface area contributed by atoms with Crippen LogP contribution in [0.1, 0.15) is 26.5 Å². The average molecular weight is 305 g/mol. The van der Waals surface area contributed by atoms with E-state index in [4.69, 9.17) is 0 Å². The second kappa shape index (κ2) is 3.88. The van der Waals surface area contributed by atoms with Gasteiger partial charge in [-0.05, 0) is 27.5 Å². The summed E-state index contributed by atoms with van der Waals surface area (Å²) in [6.45, 7) is 6.34. The largest absolute Gasteiger partial charge is 0.183 e. The Kier molecular flexibility index (Phi) is 2.87. The lowest BCUT2D eigenvalue weighted by Gasteiger charge is -2.15. The fourth-order valence-corrected chi connectivity index (χ4v) is 3.16. The van der Waals surface area contributed by atoms with Gasteiger partial charge in [-0.3, -0.25) is 0 Å². The number of nitrogens with zero attached hydrogens (tertiary/aromatic N) is 4. The SMILES string of the molecule is CC(C)(C)c1nnsc1-c1nnc(Br)s1. The molecule has 0 aromatic carbocycles. The smallest absolute Gasteiger partial charge is 0.142 e. The van der Waals surface area contributed by atoms with Crippen LogP contribution in [-0.2, 0) is 5.41 Å². The van der Waals surface area contributed by atoms with Crippen molar-refractivity contribution < 1.29 is 0 Å². The maximum Gasteiger partial charge on any atom is 0.183 e. The highest BCUT2D eigenvalue weighted by molar-refractivity contribution is 9.11. The number of rotatable bonds is 1. The Morgan fingerprint density at radius 3 is 2.40 bits per heavy atom. The van der Waals surface area contributed by atoms with Gasteiger partial charge in [0.1, 0.15) is 4.88 Å². The first-order valence-electron chi connectivity index (χ1n) is 4.30. The predicted molar refractivity (Wildman–Crippen MR) is 65.2 cm³/mol. The van der Waals surface area contributed by atoms with E-state index in [1.807, 2.05) is 0 Å². The molecule has 0 amide bonds. The van der Waals surface area contributed by atoms with Crippen LogP contribution in [0.2, 0.25) is 0 Å². The minimum Gasteiger partial charge on any atom is -0.142 e. The van der Waals surface area contributed by atoms with E-state index in [1.54, 1.807) is 0 Å². The monoisotopic (exact) mass is 304 g/mol. The molecule has 0 aliphatic carbocycles. The highest BCUT2D eigenvalue weighted by Crippen LogP contribution is 2.36. The van der Waals surface area contributed by atoms with Crippen molar-refractivity contribution in [3.8, 4) is 9.88 Å². The summed E-state index contributed by atoms with van der Waals surface area (Å²) < 4.78 is 4.77. The standard InChI is InChI=1S/C8H9BrN4S2/c1-8(2,3)5-4(15-13-10-5)6-11-12-7(9)14-6/h1-3H3. The van der Waals surface area contributed by atoms with Crippen LogP contribution in [-0.4, -0.2) is 19.8 Å². The molecule has 0 spiro atoms.